The lowest BCUT2D eigenvalue weighted by Crippen LogP contribution is -2.23. The molecule has 0 heterocycles. The van der Waals surface area contributed by atoms with Crippen molar-refractivity contribution in [2.45, 2.75) is 11.8 Å². The Balaban J connectivity index is 2.12. The Morgan fingerprint density at radius 1 is 1.20 bits per heavy atom. The first kappa shape index (κ1) is 19.2. The Morgan fingerprint density at radius 2 is 1.88 bits per heavy atom. The number of hydrogen-bond donors (Lipinski definition) is 1. The van der Waals surface area contributed by atoms with Gasteiger partial charge in [0.25, 0.3) is 5.91 Å². The maximum atomic E-state index is 12.2. The molecule has 25 heavy (non-hydrogen) atoms. The number of carbonyl (C=O) groups is 1. The number of carbonyl (C=O) groups excluding carboxylic acids is 1. The average Bonchev–Trinajstić information content (AvgIpc) is 2.55. The molecule has 0 saturated heterocycles. The quantitative estimate of drug-likeness (QED) is 0.833. The van der Waals surface area contributed by atoms with Gasteiger partial charge in [0.1, 0.15) is 5.75 Å². The van der Waals surface area contributed by atoms with Crippen molar-refractivity contribution in [2.75, 3.05) is 26.0 Å². The number of para-hydroxylation sites is 1. The van der Waals surface area contributed by atoms with Crippen molar-refractivity contribution in [3.8, 4) is 5.75 Å². The van der Waals surface area contributed by atoms with Crippen LogP contribution in [0.15, 0.2) is 47.4 Å². The monoisotopic (exact) mass is 382 g/mol. The molecule has 0 bridgehead atoms. The topological polar surface area (TPSA) is 75.7 Å². The van der Waals surface area contributed by atoms with E-state index in [-0.39, 0.29) is 22.2 Å². The van der Waals surface area contributed by atoms with Gasteiger partial charge in [0.15, 0.2) is 6.61 Å². The minimum atomic E-state index is -3.62. The molecular formula is C17H19ClN2O4S. The average molecular weight is 383 g/mol. The summed E-state index contributed by atoms with van der Waals surface area (Å²) in [4.78, 5) is 12.1. The van der Waals surface area contributed by atoms with E-state index in [1.165, 1.54) is 32.3 Å². The van der Waals surface area contributed by atoms with E-state index in [1.54, 1.807) is 6.07 Å². The van der Waals surface area contributed by atoms with Crippen LogP contribution in [-0.4, -0.2) is 39.3 Å². The number of anilines is 1. The Kier molecular flexibility index (Phi) is 6.05. The Hall–Kier alpha value is -2.09. The van der Waals surface area contributed by atoms with Crippen molar-refractivity contribution < 1.29 is 17.9 Å². The van der Waals surface area contributed by atoms with Gasteiger partial charge >= 0.3 is 0 Å². The lowest BCUT2D eigenvalue weighted by Gasteiger charge is -2.14. The Bertz CT molecular complexity index is 882. The zero-order chi connectivity index (χ0) is 18.6. The van der Waals surface area contributed by atoms with E-state index in [2.05, 4.69) is 5.32 Å². The number of aryl methyl sites for hydroxylation is 1. The summed E-state index contributed by atoms with van der Waals surface area (Å²) in [6, 6.07) is 11.5. The Morgan fingerprint density at radius 3 is 2.52 bits per heavy atom. The van der Waals surface area contributed by atoms with Crippen molar-refractivity contribution in [1.29, 1.82) is 0 Å². The highest BCUT2D eigenvalue weighted by Crippen LogP contribution is 2.26. The van der Waals surface area contributed by atoms with Gasteiger partial charge in [-0.25, -0.2) is 12.7 Å². The van der Waals surface area contributed by atoms with Crippen molar-refractivity contribution >= 4 is 33.2 Å². The molecule has 0 aromatic heterocycles. The van der Waals surface area contributed by atoms with Crippen LogP contribution in [0.1, 0.15) is 5.56 Å². The second kappa shape index (κ2) is 7.86. The number of ether oxygens (including phenoxy) is 1. The van der Waals surface area contributed by atoms with E-state index < -0.39 is 15.9 Å². The zero-order valence-corrected chi connectivity index (χ0v) is 15.7. The summed E-state index contributed by atoms with van der Waals surface area (Å²) < 4.78 is 30.9. The molecule has 6 nitrogen and oxygen atoms in total. The molecule has 2 aromatic rings. The van der Waals surface area contributed by atoms with Gasteiger partial charge in [-0.15, -0.1) is 0 Å². The summed E-state index contributed by atoms with van der Waals surface area (Å²) in [5.74, 6) is 0.164. The molecule has 1 N–H and O–H groups in total. The van der Waals surface area contributed by atoms with Crippen LogP contribution in [0.25, 0.3) is 0 Å². The van der Waals surface area contributed by atoms with E-state index in [4.69, 9.17) is 16.3 Å². The third kappa shape index (κ3) is 4.72. The second-order valence-electron chi connectivity index (χ2n) is 5.53. The first-order valence-electron chi connectivity index (χ1n) is 7.42. The number of hydrogen-bond acceptors (Lipinski definition) is 4. The van der Waals surface area contributed by atoms with Crippen molar-refractivity contribution in [2.24, 2.45) is 0 Å². The van der Waals surface area contributed by atoms with Gasteiger partial charge < -0.3 is 10.1 Å². The van der Waals surface area contributed by atoms with Crippen LogP contribution in [0.5, 0.6) is 5.75 Å². The van der Waals surface area contributed by atoms with Crippen LogP contribution in [0.2, 0.25) is 5.02 Å². The summed E-state index contributed by atoms with van der Waals surface area (Å²) in [7, 11) is -0.763. The zero-order valence-electron chi connectivity index (χ0n) is 14.1. The van der Waals surface area contributed by atoms with Gasteiger partial charge in [0.05, 0.1) is 15.6 Å². The summed E-state index contributed by atoms with van der Waals surface area (Å²) in [5, 5.41) is 2.81. The first-order chi connectivity index (χ1) is 11.7. The number of rotatable bonds is 6. The normalized spacial score (nSPS) is 11.4. The van der Waals surface area contributed by atoms with Crippen LogP contribution in [0.3, 0.4) is 0 Å². The van der Waals surface area contributed by atoms with Crippen molar-refractivity contribution in [3.63, 3.8) is 0 Å². The lowest BCUT2D eigenvalue weighted by atomic mass is 10.2. The van der Waals surface area contributed by atoms with E-state index in [0.29, 0.717) is 5.75 Å². The molecule has 0 aliphatic carbocycles. The fourth-order valence-corrected chi connectivity index (χ4v) is 3.11. The molecular weight excluding hydrogens is 364 g/mol. The highest BCUT2D eigenvalue weighted by Gasteiger charge is 2.19. The third-order valence-electron chi connectivity index (χ3n) is 3.44. The highest BCUT2D eigenvalue weighted by atomic mass is 35.5. The van der Waals surface area contributed by atoms with Gasteiger partial charge in [-0.2, -0.15) is 0 Å². The molecule has 8 heteroatoms. The van der Waals surface area contributed by atoms with Crippen LogP contribution < -0.4 is 10.1 Å². The predicted octanol–water partition coefficient (Wildman–Crippen LogP) is 2.92. The molecule has 0 atom stereocenters. The molecule has 0 spiro atoms. The first-order valence-corrected chi connectivity index (χ1v) is 9.24. The smallest absolute Gasteiger partial charge is 0.262 e. The van der Waals surface area contributed by atoms with E-state index in [9.17, 15) is 13.2 Å². The predicted molar refractivity (Wildman–Crippen MR) is 97.6 cm³/mol. The minimum absolute atomic E-state index is 0.0389. The number of nitrogens with zero attached hydrogens (tertiary/aromatic N) is 1. The number of amides is 1. The van der Waals surface area contributed by atoms with Gasteiger partial charge in [-0.1, -0.05) is 29.8 Å². The summed E-state index contributed by atoms with van der Waals surface area (Å²) in [6.45, 7) is 1.66. The van der Waals surface area contributed by atoms with Crippen LogP contribution >= 0.6 is 11.6 Å². The van der Waals surface area contributed by atoms with Gasteiger partial charge in [0, 0.05) is 14.1 Å². The van der Waals surface area contributed by atoms with E-state index >= 15 is 0 Å². The van der Waals surface area contributed by atoms with E-state index in [0.717, 1.165) is 9.87 Å². The third-order valence-corrected chi connectivity index (χ3v) is 5.58. The SMILES string of the molecule is Cc1ccccc1OCC(=O)Nc1cc(S(=O)(=O)N(C)C)ccc1Cl. The van der Waals surface area contributed by atoms with Gasteiger partial charge in [-0.05, 0) is 36.8 Å². The van der Waals surface area contributed by atoms with Crippen molar-refractivity contribution in [3.05, 3.63) is 53.1 Å². The molecule has 2 aromatic carbocycles. The summed E-state index contributed by atoms with van der Waals surface area (Å²) in [5.41, 5.74) is 1.12. The highest BCUT2D eigenvalue weighted by molar-refractivity contribution is 7.89. The summed E-state index contributed by atoms with van der Waals surface area (Å²) in [6.07, 6.45) is 0. The Labute approximate surface area is 152 Å². The van der Waals surface area contributed by atoms with Crippen LogP contribution in [-0.2, 0) is 14.8 Å². The maximum Gasteiger partial charge on any atom is 0.262 e. The summed E-state index contributed by atoms with van der Waals surface area (Å²) >= 11 is 6.05. The largest absolute Gasteiger partial charge is 0.483 e. The lowest BCUT2D eigenvalue weighted by molar-refractivity contribution is -0.118. The molecule has 0 aliphatic rings. The second-order valence-corrected chi connectivity index (χ2v) is 8.09. The molecule has 0 radical (unpaired) electrons. The van der Waals surface area contributed by atoms with Gasteiger partial charge in [0.2, 0.25) is 10.0 Å². The molecule has 0 aliphatic heterocycles. The van der Waals surface area contributed by atoms with Crippen molar-refractivity contribution in [1.82, 2.24) is 4.31 Å². The minimum Gasteiger partial charge on any atom is -0.483 e. The van der Waals surface area contributed by atoms with Gasteiger partial charge in [-0.3, -0.25) is 4.79 Å². The number of halogens is 1. The number of nitrogens with one attached hydrogen (secondary N) is 1. The molecule has 0 saturated carbocycles. The molecule has 2 rings (SSSR count). The maximum absolute atomic E-state index is 12.2. The molecule has 0 unspecified atom stereocenters. The molecule has 134 valence electrons. The number of sulfonamides is 1. The number of benzene rings is 2. The standard InChI is InChI=1S/C17H19ClN2O4S/c1-12-6-4-5-7-16(12)24-11-17(21)19-15-10-13(8-9-14(15)18)25(22,23)20(2)3/h4-10H,11H2,1-3H3,(H,19,21). The van der Waals surface area contributed by atoms with E-state index in [1.807, 2.05) is 25.1 Å². The molecule has 0 fully saturated rings. The van der Waals surface area contributed by atoms with Crippen LogP contribution in [0, 0.1) is 6.92 Å². The fraction of sp³-hybridized carbons (Fsp3) is 0.235. The fourth-order valence-electron chi connectivity index (χ4n) is 2.02. The molecule has 1 amide bonds. The van der Waals surface area contributed by atoms with Crippen LogP contribution in [0.4, 0.5) is 5.69 Å².